The lowest BCUT2D eigenvalue weighted by Gasteiger charge is -2.35. The molecule has 1 saturated heterocycles. The van der Waals surface area contributed by atoms with Gasteiger partial charge in [-0.05, 0) is 41.5 Å². The smallest absolute Gasteiger partial charge is 0.335 e. The van der Waals surface area contributed by atoms with Crippen LogP contribution in [-0.4, -0.2) is 78.0 Å². The predicted octanol–water partition coefficient (Wildman–Crippen LogP) is 4.67. The van der Waals surface area contributed by atoms with Gasteiger partial charge in [0.1, 0.15) is 11.4 Å². The first-order valence-electron chi connectivity index (χ1n) is 12.8. The number of hydrogen-bond donors (Lipinski definition) is 0. The summed E-state index contributed by atoms with van der Waals surface area (Å²) in [6, 6.07) is 14.4. The van der Waals surface area contributed by atoms with E-state index < -0.39 is 11.7 Å². The summed E-state index contributed by atoms with van der Waals surface area (Å²) in [6.07, 6.45) is -4.41. The van der Waals surface area contributed by atoms with Gasteiger partial charge in [-0.2, -0.15) is 28.0 Å². The molecule has 212 valence electrons. The lowest BCUT2D eigenvalue weighted by atomic mass is 10.1. The fourth-order valence-corrected chi connectivity index (χ4v) is 5.73. The number of rotatable bonds is 5. The minimum absolute atomic E-state index is 0.125. The number of hydrogen-bond acceptors (Lipinski definition) is 7. The number of alkyl halides is 3. The lowest BCUT2D eigenvalue weighted by molar-refractivity contribution is -0.137. The molecule has 2 aromatic heterocycles. The van der Waals surface area contributed by atoms with Crippen LogP contribution < -0.4 is 0 Å². The van der Waals surface area contributed by atoms with Crippen molar-refractivity contribution in [1.82, 2.24) is 34.5 Å². The molecule has 0 aliphatic carbocycles. The summed E-state index contributed by atoms with van der Waals surface area (Å²) in [5.41, 5.74) is 2.46. The van der Waals surface area contributed by atoms with Gasteiger partial charge in [-0.1, -0.05) is 47.6 Å². The summed E-state index contributed by atoms with van der Waals surface area (Å²) in [5, 5.41) is 18.8. The Balaban J connectivity index is 1.16. The lowest BCUT2D eigenvalue weighted by Crippen LogP contribution is -2.50. The van der Waals surface area contributed by atoms with Crippen molar-refractivity contribution in [1.29, 1.82) is 0 Å². The molecule has 4 aromatic rings. The van der Waals surface area contributed by atoms with Gasteiger partial charge in [-0.15, -0.1) is 10.2 Å². The third-order valence-electron chi connectivity index (χ3n) is 7.01. The molecule has 0 unspecified atom stereocenters. The molecule has 14 heteroatoms. The minimum Gasteiger partial charge on any atom is -0.335 e. The van der Waals surface area contributed by atoms with E-state index in [2.05, 4.69) is 25.3 Å². The number of amides is 1. The summed E-state index contributed by atoms with van der Waals surface area (Å²) >= 11 is 7.35. The van der Waals surface area contributed by atoms with Crippen LogP contribution in [0.1, 0.15) is 11.1 Å². The van der Waals surface area contributed by atoms with Crippen molar-refractivity contribution in [2.24, 2.45) is 12.1 Å². The van der Waals surface area contributed by atoms with Crippen LogP contribution in [0.5, 0.6) is 0 Å². The van der Waals surface area contributed by atoms with E-state index in [-0.39, 0.29) is 5.91 Å². The second-order valence-electron chi connectivity index (χ2n) is 9.76. The number of aromatic nitrogens is 5. The molecule has 0 atom stereocenters. The average molecular weight is 601 g/mol. The molecule has 1 fully saturated rings. The van der Waals surface area contributed by atoms with Crippen LogP contribution in [0.2, 0.25) is 5.02 Å². The van der Waals surface area contributed by atoms with Crippen LogP contribution in [0.15, 0.2) is 64.9 Å². The Labute approximate surface area is 242 Å². The van der Waals surface area contributed by atoms with Crippen molar-refractivity contribution in [2.45, 2.75) is 17.9 Å². The molecule has 0 saturated carbocycles. The molecular formula is C27H24ClF3N8OS. The van der Waals surface area contributed by atoms with E-state index in [9.17, 15) is 18.0 Å². The van der Waals surface area contributed by atoms with E-state index in [4.69, 9.17) is 11.6 Å². The highest BCUT2D eigenvalue weighted by Gasteiger charge is 2.31. The second kappa shape index (κ2) is 11.0. The van der Waals surface area contributed by atoms with Crippen molar-refractivity contribution in [3.63, 3.8) is 0 Å². The van der Waals surface area contributed by atoms with E-state index in [0.29, 0.717) is 57.5 Å². The maximum Gasteiger partial charge on any atom is 0.416 e. The number of piperazine rings is 1. The van der Waals surface area contributed by atoms with Crippen molar-refractivity contribution in [2.75, 3.05) is 31.9 Å². The van der Waals surface area contributed by atoms with Gasteiger partial charge in [0.25, 0.3) is 5.91 Å². The van der Waals surface area contributed by atoms with Crippen molar-refractivity contribution < 1.29 is 18.0 Å². The number of carbonyl (C=O) groups is 1. The molecule has 0 N–H and O–H groups in total. The number of nitrogens with zero attached hydrogens (tertiary/aromatic N) is 8. The largest absolute Gasteiger partial charge is 0.416 e. The highest BCUT2D eigenvalue weighted by molar-refractivity contribution is 8.00. The fourth-order valence-electron chi connectivity index (χ4n) is 4.81. The van der Waals surface area contributed by atoms with E-state index in [1.807, 2.05) is 29.2 Å². The number of halogens is 4. The third kappa shape index (κ3) is 5.74. The Kier molecular flexibility index (Phi) is 7.34. The zero-order valence-corrected chi connectivity index (χ0v) is 23.4. The number of thioether (sulfide) groups is 1. The molecule has 41 heavy (non-hydrogen) atoms. The maximum absolute atomic E-state index is 13.4. The van der Waals surface area contributed by atoms with Crippen molar-refractivity contribution >= 4 is 35.0 Å². The molecule has 2 aliphatic rings. The summed E-state index contributed by atoms with van der Waals surface area (Å²) in [7, 11) is 1.70. The van der Waals surface area contributed by atoms with Gasteiger partial charge in [-0.25, -0.2) is 0 Å². The maximum atomic E-state index is 13.4. The number of benzene rings is 2. The van der Waals surface area contributed by atoms with E-state index in [1.54, 1.807) is 17.8 Å². The zero-order chi connectivity index (χ0) is 28.7. The predicted molar refractivity (Wildman–Crippen MR) is 150 cm³/mol. The molecular weight excluding hydrogens is 577 g/mol. The molecule has 2 aromatic carbocycles. The van der Waals surface area contributed by atoms with E-state index in [0.717, 1.165) is 31.8 Å². The van der Waals surface area contributed by atoms with Gasteiger partial charge in [0, 0.05) is 44.8 Å². The Morgan fingerprint density at radius 2 is 1.71 bits per heavy atom. The van der Waals surface area contributed by atoms with Crippen molar-refractivity contribution in [3.8, 4) is 22.8 Å². The normalized spacial score (nSPS) is 16.0. The van der Waals surface area contributed by atoms with E-state index >= 15 is 0 Å². The molecule has 1 amide bonds. The van der Waals surface area contributed by atoms with Gasteiger partial charge in [0.05, 0.1) is 17.0 Å². The Hall–Kier alpha value is -3.68. The first kappa shape index (κ1) is 27.5. The van der Waals surface area contributed by atoms with Gasteiger partial charge in [-0.3, -0.25) is 14.4 Å². The van der Waals surface area contributed by atoms with Gasteiger partial charge in [0.2, 0.25) is 11.0 Å². The van der Waals surface area contributed by atoms with E-state index in [1.165, 1.54) is 34.1 Å². The van der Waals surface area contributed by atoms with Crippen molar-refractivity contribution in [3.05, 3.63) is 70.7 Å². The second-order valence-corrected chi connectivity index (χ2v) is 11.1. The fraction of sp³-hybridized carbons (Fsp3) is 0.296. The third-order valence-corrected chi connectivity index (χ3v) is 8.20. The monoisotopic (exact) mass is 600 g/mol. The first-order valence-corrected chi connectivity index (χ1v) is 14.2. The van der Waals surface area contributed by atoms with Crippen LogP contribution in [0.25, 0.3) is 22.8 Å². The SMILES string of the molecule is Cn1nc(-c2nnc3n2N=C(C(=O)N2CCN(Cc4ccc(Cl)cc4)CC2)CS3)cc1-c1ccc(C(F)(F)F)cc1. The molecule has 0 radical (unpaired) electrons. The van der Waals surface area contributed by atoms with Crippen LogP contribution in [0, 0.1) is 0 Å². The van der Waals surface area contributed by atoms with Gasteiger partial charge < -0.3 is 4.90 Å². The average Bonchev–Trinajstić information content (AvgIpc) is 3.56. The minimum atomic E-state index is -4.41. The number of aryl methyl sites for hydroxylation is 1. The quantitative estimate of drug-likeness (QED) is 0.331. The zero-order valence-electron chi connectivity index (χ0n) is 21.8. The van der Waals surface area contributed by atoms with Crippen LogP contribution in [0.3, 0.4) is 0 Å². The Bertz CT molecular complexity index is 1610. The summed E-state index contributed by atoms with van der Waals surface area (Å²) < 4.78 is 42.0. The summed E-state index contributed by atoms with van der Waals surface area (Å²) in [5.74, 6) is 0.598. The summed E-state index contributed by atoms with van der Waals surface area (Å²) in [6.45, 7) is 3.47. The summed E-state index contributed by atoms with van der Waals surface area (Å²) in [4.78, 5) is 17.5. The Morgan fingerprint density at radius 1 is 1.00 bits per heavy atom. The van der Waals surface area contributed by atoms with Crippen LogP contribution >= 0.6 is 23.4 Å². The highest BCUT2D eigenvalue weighted by Crippen LogP contribution is 2.33. The molecule has 0 bridgehead atoms. The van der Waals surface area contributed by atoms with Gasteiger partial charge >= 0.3 is 6.18 Å². The van der Waals surface area contributed by atoms with Crippen LogP contribution in [-0.2, 0) is 24.6 Å². The molecule has 0 spiro atoms. The first-order chi connectivity index (χ1) is 19.7. The molecule has 2 aliphatic heterocycles. The molecule has 4 heterocycles. The standard InChI is InChI=1S/C27H24ClF3N8OS/c1-36-23(18-4-6-19(7-5-18)27(29,30)31)14-21(34-36)24-32-33-26-39(24)35-22(16-41-26)25(40)38-12-10-37(11-13-38)15-17-2-8-20(28)9-3-17/h2-9,14H,10-13,15-16H2,1H3. The topological polar surface area (TPSA) is 84.4 Å². The Morgan fingerprint density at radius 3 is 2.39 bits per heavy atom. The van der Waals surface area contributed by atoms with Gasteiger partial charge in [0.15, 0.2) is 0 Å². The molecule has 6 rings (SSSR count). The number of carbonyl (C=O) groups excluding carboxylic acids is 1. The molecule has 9 nitrogen and oxygen atoms in total. The van der Waals surface area contributed by atoms with Crippen LogP contribution in [0.4, 0.5) is 13.2 Å². The highest BCUT2D eigenvalue weighted by atomic mass is 35.5. The number of fused-ring (bicyclic) bond motifs is 1.